The van der Waals surface area contributed by atoms with E-state index in [0.717, 1.165) is 0 Å². The molecule has 0 bridgehead atoms. The van der Waals surface area contributed by atoms with Crippen molar-refractivity contribution >= 4 is 15.8 Å². The number of carbonyl (C=O) groups excluding carboxylic acids is 1. The number of methoxy groups -OCH3 is 1. The van der Waals surface area contributed by atoms with Crippen LogP contribution in [-0.2, 0) is 25.9 Å². The van der Waals surface area contributed by atoms with Crippen LogP contribution in [-0.4, -0.2) is 42.3 Å². The van der Waals surface area contributed by atoms with Crippen LogP contribution in [0.4, 0.5) is 0 Å². The standard InChI is InChI=1S/C10H16N2O4S/c1-9(8-10(13)16-2)17(14,15)7-6-12-5-3-4-11-12/h3-5,9H,6-8H2,1-2H3. The Balaban J connectivity index is 2.53. The van der Waals surface area contributed by atoms with Gasteiger partial charge >= 0.3 is 5.97 Å². The van der Waals surface area contributed by atoms with Crippen molar-refractivity contribution in [1.29, 1.82) is 0 Å². The van der Waals surface area contributed by atoms with Gasteiger partial charge in [-0.1, -0.05) is 0 Å². The largest absolute Gasteiger partial charge is 0.469 e. The Morgan fingerprint density at radius 1 is 1.53 bits per heavy atom. The third-order valence-corrected chi connectivity index (χ3v) is 4.60. The molecular formula is C10H16N2O4S. The second kappa shape index (κ2) is 5.81. The van der Waals surface area contributed by atoms with Crippen LogP contribution in [0.2, 0.25) is 0 Å². The van der Waals surface area contributed by atoms with Gasteiger partial charge in [-0.05, 0) is 13.0 Å². The summed E-state index contributed by atoms with van der Waals surface area (Å²) in [4.78, 5) is 11.0. The van der Waals surface area contributed by atoms with Crippen LogP contribution in [0.25, 0.3) is 0 Å². The van der Waals surface area contributed by atoms with Crippen molar-refractivity contribution in [2.75, 3.05) is 12.9 Å². The highest BCUT2D eigenvalue weighted by Crippen LogP contribution is 2.08. The zero-order chi connectivity index (χ0) is 12.9. The SMILES string of the molecule is COC(=O)CC(C)S(=O)(=O)CCn1cccn1. The lowest BCUT2D eigenvalue weighted by Crippen LogP contribution is -2.26. The Morgan fingerprint density at radius 3 is 2.76 bits per heavy atom. The maximum atomic E-state index is 11.8. The predicted octanol–water partition coefficient (Wildman–Crippen LogP) is 0.249. The minimum absolute atomic E-state index is 0.0349. The molecule has 0 spiro atoms. The van der Waals surface area contributed by atoms with Crippen molar-refractivity contribution in [3.05, 3.63) is 18.5 Å². The van der Waals surface area contributed by atoms with Crippen molar-refractivity contribution in [1.82, 2.24) is 9.78 Å². The number of ether oxygens (including phenoxy) is 1. The maximum absolute atomic E-state index is 11.8. The van der Waals surface area contributed by atoms with Gasteiger partial charge in [0.2, 0.25) is 0 Å². The molecule has 0 aromatic carbocycles. The second-order valence-corrected chi connectivity index (χ2v) is 6.27. The van der Waals surface area contributed by atoms with Gasteiger partial charge in [-0.15, -0.1) is 0 Å². The first-order valence-electron chi connectivity index (χ1n) is 5.21. The molecule has 0 aliphatic heterocycles. The van der Waals surface area contributed by atoms with Gasteiger partial charge in [0.25, 0.3) is 0 Å². The van der Waals surface area contributed by atoms with E-state index in [4.69, 9.17) is 0 Å². The lowest BCUT2D eigenvalue weighted by molar-refractivity contribution is -0.140. The number of hydrogen-bond acceptors (Lipinski definition) is 5. The van der Waals surface area contributed by atoms with Crippen molar-refractivity contribution in [2.24, 2.45) is 0 Å². The first kappa shape index (κ1) is 13.7. The minimum atomic E-state index is -3.30. The fraction of sp³-hybridized carbons (Fsp3) is 0.600. The van der Waals surface area contributed by atoms with Crippen LogP contribution in [0, 0.1) is 0 Å². The Bertz CT molecular complexity index is 453. The van der Waals surface area contributed by atoms with E-state index in [0.29, 0.717) is 6.54 Å². The molecule has 0 fully saturated rings. The van der Waals surface area contributed by atoms with E-state index >= 15 is 0 Å². The summed E-state index contributed by atoms with van der Waals surface area (Å²) in [5.74, 6) is -0.549. The molecule has 1 aromatic heterocycles. The summed E-state index contributed by atoms with van der Waals surface area (Å²) in [6.45, 7) is 1.80. The molecule has 1 atom stereocenters. The minimum Gasteiger partial charge on any atom is -0.469 e. The Morgan fingerprint density at radius 2 is 2.24 bits per heavy atom. The van der Waals surface area contributed by atoms with Gasteiger partial charge in [0.15, 0.2) is 9.84 Å². The summed E-state index contributed by atoms with van der Waals surface area (Å²) >= 11 is 0. The molecule has 0 saturated carbocycles. The van der Waals surface area contributed by atoms with Gasteiger partial charge in [-0.3, -0.25) is 9.48 Å². The molecule has 0 saturated heterocycles. The number of nitrogens with zero attached hydrogens (tertiary/aromatic N) is 2. The molecule has 0 N–H and O–H groups in total. The predicted molar refractivity (Wildman–Crippen MR) is 62.1 cm³/mol. The summed E-state index contributed by atoms with van der Waals surface area (Å²) in [6, 6.07) is 1.73. The van der Waals surface area contributed by atoms with Crippen molar-refractivity contribution in [2.45, 2.75) is 25.1 Å². The highest BCUT2D eigenvalue weighted by Gasteiger charge is 2.23. The lowest BCUT2D eigenvalue weighted by Gasteiger charge is -2.11. The average Bonchev–Trinajstić information content (AvgIpc) is 2.79. The van der Waals surface area contributed by atoms with Crippen LogP contribution < -0.4 is 0 Å². The zero-order valence-corrected chi connectivity index (χ0v) is 10.7. The quantitative estimate of drug-likeness (QED) is 0.685. The Kier molecular flexibility index (Phi) is 4.68. The first-order valence-corrected chi connectivity index (χ1v) is 6.93. The van der Waals surface area contributed by atoms with Crippen LogP contribution in [0.5, 0.6) is 0 Å². The van der Waals surface area contributed by atoms with Gasteiger partial charge in [0.05, 0.1) is 31.1 Å². The number of hydrogen-bond donors (Lipinski definition) is 0. The van der Waals surface area contributed by atoms with Gasteiger partial charge in [-0.25, -0.2) is 8.42 Å². The van der Waals surface area contributed by atoms with Crippen LogP contribution in [0.1, 0.15) is 13.3 Å². The molecule has 96 valence electrons. The molecule has 7 heteroatoms. The van der Waals surface area contributed by atoms with E-state index in [2.05, 4.69) is 9.84 Å². The Hall–Kier alpha value is -1.37. The van der Waals surface area contributed by atoms with Gasteiger partial charge < -0.3 is 4.74 Å². The molecular weight excluding hydrogens is 244 g/mol. The normalized spacial score (nSPS) is 13.3. The van der Waals surface area contributed by atoms with E-state index in [-0.39, 0.29) is 12.2 Å². The van der Waals surface area contributed by atoms with Crippen molar-refractivity contribution < 1.29 is 17.9 Å². The molecule has 1 heterocycles. The monoisotopic (exact) mass is 260 g/mol. The van der Waals surface area contributed by atoms with E-state index in [1.807, 2.05) is 0 Å². The maximum Gasteiger partial charge on any atom is 0.306 e. The topological polar surface area (TPSA) is 78.3 Å². The smallest absolute Gasteiger partial charge is 0.306 e. The third-order valence-electron chi connectivity index (χ3n) is 2.46. The number of carbonyl (C=O) groups is 1. The third kappa shape index (κ3) is 4.18. The lowest BCUT2D eigenvalue weighted by atomic mass is 10.3. The molecule has 0 radical (unpaired) electrons. The number of rotatable bonds is 6. The van der Waals surface area contributed by atoms with E-state index in [1.165, 1.54) is 14.0 Å². The highest BCUT2D eigenvalue weighted by molar-refractivity contribution is 7.92. The van der Waals surface area contributed by atoms with Gasteiger partial charge in [0, 0.05) is 12.4 Å². The fourth-order valence-electron chi connectivity index (χ4n) is 1.30. The first-order chi connectivity index (χ1) is 7.95. The fourth-order valence-corrected chi connectivity index (χ4v) is 2.53. The number of esters is 1. The molecule has 0 aliphatic carbocycles. The zero-order valence-electron chi connectivity index (χ0n) is 9.87. The van der Waals surface area contributed by atoms with Gasteiger partial charge in [0.1, 0.15) is 0 Å². The molecule has 17 heavy (non-hydrogen) atoms. The molecule has 0 aliphatic rings. The van der Waals surface area contributed by atoms with E-state index in [9.17, 15) is 13.2 Å². The number of aromatic nitrogens is 2. The second-order valence-electron chi connectivity index (χ2n) is 3.73. The molecule has 1 unspecified atom stereocenters. The average molecular weight is 260 g/mol. The highest BCUT2D eigenvalue weighted by atomic mass is 32.2. The number of aryl methyl sites for hydroxylation is 1. The summed E-state index contributed by atoms with van der Waals surface area (Å²) in [6.07, 6.45) is 3.17. The summed E-state index contributed by atoms with van der Waals surface area (Å²) in [5, 5.41) is 3.19. The van der Waals surface area contributed by atoms with Gasteiger partial charge in [-0.2, -0.15) is 5.10 Å². The summed E-state index contributed by atoms with van der Waals surface area (Å²) in [5.41, 5.74) is 0. The molecule has 0 amide bonds. The molecule has 6 nitrogen and oxygen atoms in total. The van der Waals surface area contributed by atoms with Crippen LogP contribution in [0.15, 0.2) is 18.5 Å². The van der Waals surface area contributed by atoms with E-state index in [1.54, 1.807) is 23.1 Å². The van der Waals surface area contributed by atoms with Crippen molar-refractivity contribution in [3.8, 4) is 0 Å². The van der Waals surface area contributed by atoms with Crippen molar-refractivity contribution in [3.63, 3.8) is 0 Å². The summed E-state index contributed by atoms with van der Waals surface area (Å²) < 4.78 is 29.6. The van der Waals surface area contributed by atoms with Crippen LogP contribution in [0.3, 0.4) is 0 Å². The molecule has 1 aromatic rings. The molecule has 1 rings (SSSR count). The summed E-state index contributed by atoms with van der Waals surface area (Å²) in [7, 11) is -2.06. The van der Waals surface area contributed by atoms with E-state index < -0.39 is 21.1 Å². The Labute approximate surface area is 100 Å². The number of sulfone groups is 1. The van der Waals surface area contributed by atoms with Crippen LogP contribution >= 0.6 is 0 Å².